The first-order valence-electron chi connectivity index (χ1n) is 5.33. The summed E-state index contributed by atoms with van der Waals surface area (Å²) in [7, 11) is 0. The van der Waals surface area contributed by atoms with E-state index in [2.05, 4.69) is 39.8 Å². The molecule has 0 aliphatic carbocycles. The van der Waals surface area contributed by atoms with E-state index in [1.54, 1.807) is 4.68 Å². The number of nitrogens with two attached hydrogens (primary N) is 1. The Morgan fingerprint density at radius 3 is 2.71 bits per heavy atom. The molecule has 0 fully saturated rings. The lowest BCUT2D eigenvalue weighted by atomic mass is 10.0. The molecule has 0 amide bonds. The summed E-state index contributed by atoms with van der Waals surface area (Å²) < 4.78 is 1.59. The van der Waals surface area contributed by atoms with Crippen LogP contribution in [0.2, 0.25) is 0 Å². The average molecular weight is 225 g/mol. The van der Waals surface area contributed by atoms with Crippen LogP contribution in [-0.2, 0) is 6.54 Å². The lowest BCUT2D eigenvalue weighted by molar-refractivity contribution is 0.657. The number of nitrogens with zero attached hydrogens (tertiary/aromatic N) is 4. The van der Waals surface area contributed by atoms with Crippen molar-refractivity contribution in [3.8, 4) is 0 Å². The van der Waals surface area contributed by atoms with E-state index in [9.17, 15) is 0 Å². The molecule has 2 aromatic carbocycles. The van der Waals surface area contributed by atoms with Crippen LogP contribution in [0.5, 0.6) is 0 Å². The average Bonchev–Trinajstić information content (AvgIpc) is 2.76. The summed E-state index contributed by atoms with van der Waals surface area (Å²) in [6.07, 6.45) is 0. The van der Waals surface area contributed by atoms with E-state index in [-0.39, 0.29) is 0 Å². The van der Waals surface area contributed by atoms with Crippen LogP contribution in [0.25, 0.3) is 10.8 Å². The zero-order chi connectivity index (χ0) is 11.7. The van der Waals surface area contributed by atoms with Crippen LogP contribution in [0, 0.1) is 0 Å². The molecule has 5 heteroatoms. The van der Waals surface area contributed by atoms with Crippen LogP contribution < -0.4 is 5.73 Å². The summed E-state index contributed by atoms with van der Waals surface area (Å²) in [5.41, 5.74) is 6.81. The number of fused-ring (bicyclic) bond motifs is 1. The first-order valence-corrected chi connectivity index (χ1v) is 5.33. The van der Waals surface area contributed by atoms with Crippen LogP contribution in [0.15, 0.2) is 42.5 Å². The third kappa shape index (κ3) is 1.71. The SMILES string of the molecule is Nc1nnnn1Cc1cccc2ccccc12. The highest BCUT2D eigenvalue weighted by Crippen LogP contribution is 2.19. The van der Waals surface area contributed by atoms with Crippen LogP contribution in [0.4, 0.5) is 5.95 Å². The zero-order valence-corrected chi connectivity index (χ0v) is 9.11. The highest BCUT2D eigenvalue weighted by atomic mass is 15.6. The van der Waals surface area contributed by atoms with E-state index in [0.29, 0.717) is 12.5 Å². The lowest BCUT2D eigenvalue weighted by Crippen LogP contribution is -2.06. The summed E-state index contributed by atoms with van der Waals surface area (Å²) in [4.78, 5) is 0. The van der Waals surface area contributed by atoms with E-state index in [4.69, 9.17) is 5.73 Å². The second-order valence-corrected chi connectivity index (χ2v) is 3.83. The van der Waals surface area contributed by atoms with Crippen LogP contribution in [0.3, 0.4) is 0 Å². The second kappa shape index (κ2) is 3.86. The molecular formula is C12H11N5. The van der Waals surface area contributed by atoms with Crippen molar-refractivity contribution in [2.75, 3.05) is 5.73 Å². The normalized spacial score (nSPS) is 10.8. The zero-order valence-electron chi connectivity index (χ0n) is 9.11. The van der Waals surface area contributed by atoms with E-state index in [0.717, 1.165) is 5.56 Å². The maximum absolute atomic E-state index is 5.66. The van der Waals surface area contributed by atoms with Gasteiger partial charge in [-0.3, -0.25) is 0 Å². The topological polar surface area (TPSA) is 69.6 Å². The second-order valence-electron chi connectivity index (χ2n) is 3.83. The van der Waals surface area contributed by atoms with Gasteiger partial charge in [0.25, 0.3) is 0 Å². The predicted molar refractivity (Wildman–Crippen MR) is 65.3 cm³/mol. The molecule has 0 atom stereocenters. The number of anilines is 1. The van der Waals surface area contributed by atoms with Gasteiger partial charge in [0.05, 0.1) is 6.54 Å². The highest BCUT2D eigenvalue weighted by Gasteiger charge is 2.05. The third-order valence-corrected chi connectivity index (χ3v) is 2.76. The number of hydrogen-bond acceptors (Lipinski definition) is 4. The molecule has 84 valence electrons. The minimum atomic E-state index is 0.331. The van der Waals surface area contributed by atoms with Gasteiger partial charge in [-0.05, 0) is 26.8 Å². The summed E-state index contributed by atoms with van der Waals surface area (Å²) in [6.45, 7) is 0.584. The van der Waals surface area contributed by atoms with Gasteiger partial charge >= 0.3 is 0 Å². The quantitative estimate of drug-likeness (QED) is 0.716. The number of nitrogen functional groups attached to an aromatic ring is 1. The minimum absolute atomic E-state index is 0.331. The third-order valence-electron chi connectivity index (χ3n) is 2.76. The summed E-state index contributed by atoms with van der Waals surface area (Å²) in [5, 5.41) is 13.5. The standard InChI is InChI=1S/C12H11N5/c13-12-14-15-16-17(12)8-10-6-3-5-9-4-1-2-7-11(9)10/h1-7H,8H2,(H2,13,14,16). The van der Waals surface area contributed by atoms with E-state index < -0.39 is 0 Å². The lowest BCUT2D eigenvalue weighted by Gasteiger charge is -2.06. The molecule has 0 saturated carbocycles. The number of benzene rings is 2. The van der Waals surface area contributed by atoms with Crippen molar-refractivity contribution in [1.29, 1.82) is 0 Å². The fourth-order valence-corrected chi connectivity index (χ4v) is 1.92. The van der Waals surface area contributed by atoms with Gasteiger partial charge < -0.3 is 5.73 Å². The number of aromatic nitrogens is 4. The molecule has 17 heavy (non-hydrogen) atoms. The van der Waals surface area contributed by atoms with E-state index in [1.807, 2.05) is 18.2 Å². The molecule has 5 nitrogen and oxygen atoms in total. The molecule has 2 N–H and O–H groups in total. The number of hydrogen-bond donors (Lipinski definition) is 1. The highest BCUT2D eigenvalue weighted by molar-refractivity contribution is 5.85. The van der Waals surface area contributed by atoms with Crippen LogP contribution in [0.1, 0.15) is 5.56 Å². The number of rotatable bonds is 2. The molecule has 0 unspecified atom stereocenters. The molecule has 0 aliphatic rings. The minimum Gasteiger partial charge on any atom is -0.367 e. The molecule has 1 aromatic heterocycles. The maximum atomic E-state index is 5.66. The van der Waals surface area contributed by atoms with Crippen molar-refractivity contribution in [3.63, 3.8) is 0 Å². The summed E-state index contributed by atoms with van der Waals surface area (Å²) >= 11 is 0. The summed E-state index contributed by atoms with van der Waals surface area (Å²) in [5.74, 6) is 0.331. The molecule has 0 bridgehead atoms. The van der Waals surface area contributed by atoms with Crippen molar-refractivity contribution in [2.45, 2.75) is 6.54 Å². The van der Waals surface area contributed by atoms with Gasteiger partial charge in [-0.15, -0.1) is 0 Å². The molecule has 3 rings (SSSR count). The van der Waals surface area contributed by atoms with Crippen molar-refractivity contribution in [3.05, 3.63) is 48.0 Å². The van der Waals surface area contributed by atoms with Gasteiger partial charge in [0.15, 0.2) is 0 Å². The smallest absolute Gasteiger partial charge is 0.240 e. The molecule has 0 saturated heterocycles. The van der Waals surface area contributed by atoms with Gasteiger partial charge in [0, 0.05) is 0 Å². The number of tetrazole rings is 1. The van der Waals surface area contributed by atoms with Crippen molar-refractivity contribution >= 4 is 16.7 Å². The maximum Gasteiger partial charge on any atom is 0.240 e. The Morgan fingerprint density at radius 1 is 1.06 bits per heavy atom. The first-order chi connectivity index (χ1) is 8.34. The molecule has 0 radical (unpaired) electrons. The van der Waals surface area contributed by atoms with Crippen molar-refractivity contribution in [1.82, 2.24) is 20.2 Å². The largest absolute Gasteiger partial charge is 0.367 e. The Kier molecular flexibility index (Phi) is 2.22. The monoisotopic (exact) mass is 225 g/mol. The fourth-order valence-electron chi connectivity index (χ4n) is 1.92. The first kappa shape index (κ1) is 9.77. The fraction of sp³-hybridized carbons (Fsp3) is 0.0833. The van der Waals surface area contributed by atoms with Crippen molar-refractivity contribution < 1.29 is 0 Å². The van der Waals surface area contributed by atoms with Gasteiger partial charge in [-0.2, -0.15) is 0 Å². The van der Waals surface area contributed by atoms with Crippen LogP contribution in [-0.4, -0.2) is 20.2 Å². The Morgan fingerprint density at radius 2 is 1.88 bits per heavy atom. The van der Waals surface area contributed by atoms with Gasteiger partial charge in [0.1, 0.15) is 0 Å². The van der Waals surface area contributed by atoms with Crippen LogP contribution >= 0.6 is 0 Å². The Bertz CT molecular complexity index is 653. The van der Waals surface area contributed by atoms with E-state index in [1.165, 1.54) is 10.8 Å². The van der Waals surface area contributed by atoms with Crippen molar-refractivity contribution in [2.24, 2.45) is 0 Å². The predicted octanol–water partition coefficient (Wildman–Crippen LogP) is 1.46. The van der Waals surface area contributed by atoms with Gasteiger partial charge in [-0.25, -0.2) is 4.68 Å². The van der Waals surface area contributed by atoms with Gasteiger partial charge in [-0.1, -0.05) is 47.6 Å². The Hall–Kier alpha value is -2.43. The summed E-state index contributed by atoms with van der Waals surface area (Å²) in [6, 6.07) is 14.4. The molecular weight excluding hydrogens is 214 g/mol. The molecule has 0 spiro atoms. The van der Waals surface area contributed by atoms with Gasteiger partial charge in [0.2, 0.25) is 5.95 Å². The van der Waals surface area contributed by atoms with E-state index >= 15 is 0 Å². The molecule has 1 heterocycles. The Balaban J connectivity index is 2.09. The Labute approximate surface area is 97.9 Å². The molecule has 3 aromatic rings. The molecule has 0 aliphatic heterocycles.